The molecule has 0 spiro atoms. The number of aromatic nitrogens is 1. The van der Waals surface area contributed by atoms with Crippen LogP contribution in [0.4, 0.5) is 26.7 Å². The lowest BCUT2D eigenvalue weighted by atomic mass is 9.99. The third kappa shape index (κ3) is 6.49. The molecule has 14 heteroatoms. The highest BCUT2D eigenvalue weighted by molar-refractivity contribution is 6.03. The maximum atomic E-state index is 13.7. The molecule has 5 rings (SSSR count). The normalized spacial score (nSPS) is 18.0. The predicted octanol–water partition coefficient (Wildman–Crippen LogP) is 4.05. The van der Waals surface area contributed by atoms with Gasteiger partial charge < -0.3 is 49.6 Å². The Labute approximate surface area is 254 Å². The molecule has 0 saturated carbocycles. The van der Waals surface area contributed by atoms with Gasteiger partial charge in [0.25, 0.3) is 5.91 Å². The van der Waals surface area contributed by atoms with E-state index in [-0.39, 0.29) is 49.9 Å². The topological polar surface area (TPSA) is 168 Å². The molecule has 3 heterocycles. The third-order valence-electron chi connectivity index (χ3n) is 7.62. The minimum atomic E-state index is -0.541. The van der Waals surface area contributed by atoms with Gasteiger partial charge in [-0.2, -0.15) is 0 Å². The van der Waals surface area contributed by atoms with E-state index in [0.29, 0.717) is 45.8 Å². The van der Waals surface area contributed by atoms with Crippen LogP contribution in [0, 0.1) is 19.8 Å². The largest absolute Gasteiger partial charge is 0.487 e. The number of aliphatic hydroxyl groups is 1. The average molecular weight is 609 g/mol. The molecule has 2 aliphatic heterocycles. The first-order valence-corrected chi connectivity index (χ1v) is 14.2. The summed E-state index contributed by atoms with van der Waals surface area (Å²) in [5.74, 6) is 1.36. The number of urea groups is 2. The fraction of sp³-hybridized carbons (Fsp3) is 0.400. The zero-order valence-electron chi connectivity index (χ0n) is 25.2. The summed E-state index contributed by atoms with van der Waals surface area (Å²) in [6.07, 6.45) is -0.510. The second-order valence-electron chi connectivity index (χ2n) is 11.0. The Morgan fingerprint density at radius 1 is 1.07 bits per heavy atom. The number of aliphatic hydroxyl groups excluding tert-OH is 1. The Kier molecular flexibility index (Phi) is 8.81. The van der Waals surface area contributed by atoms with E-state index in [2.05, 4.69) is 21.1 Å². The summed E-state index contributed by atoms with van der Waals surface area (Å²) in [7, 11) is 1.65. The minimum Gasteiger partial charge on any atom is -0.487 e. The van der Waals surface area contributed by atoms with Crippen LogP contribution in [0.1, 0.15) is 35.7 Å². The number of hydrogen-bond acceptors (Lipinski definition) is 9. The van der Waals surface area contributed by atoms with Crippen LogP contribution in [0.3, 0.4) is 0 Å². The first kappa shape index (κ1) is 30.5. The SMILES string of the molecule is Cc1noc(C)c1NC(=O)Nc1ccc2c(c1)C(=O)N([C@@H](C)CO)C[C@H](C)[C@@H](CN(C)C(=O)Nc1ccc3c(c1)OCO3)O2. The number of fused-ring (bicyclic) bond motifs is 2. The number of carbonyl (C=O) groups is 3. The maximum absolute atomic E-state index is 13.7. The lowest BCUT2D eigenvalue weighted by molar-refractivity contribution is 0.0371. The molecular formula is C30H36N6O8. The highest BCUT2D eigenvalue weighted by Crippen LogP contribution is 2.35. The second-order valence-corrected chi connectivity index (χ2v) is 11.0. The number of anilines is 3. The molecule has 0 aliphatic carbocycles. The number of benzene rings is 2. The first-order valence-electron chi connectivity index (χ1n) is 14.2. The van der Waals surface area contributed by atoms with Crippen molar-refractivity contribution in [2.45, 2.75) is 39.8 Å². The molecule has 1 aromatic heterocycles. The van der Waals surface area contributed by atoms with Crippen LogP contribution in [0.2, 0.25) is 0 Å². The van der Waals surface area contributed by atoms with Gasteiger partial charge in [0.15, 0.2) is 17.3 Å². The highest BCUT2D eigenvalue weighted by atomic mass is 16.7. The van der Waals surface area contributed by atoms with Crippen molar-refractivity contribution < 1.29 is 38.2 Å². The van der Waals surface area contributed by atoms with Gasteiger partial charge in [-0.3, -0.25) is 4.79 Å². The Balaban J connectivity index is 1.34. The first-order chi connectivity index (χ1) is 21.0. The molecule has 4 N–H and O–H groups in total. The summed E-state index contributed by atoms with van der Waals surface area (Å²) in [6.45, 7) is 7.44. The van der Waals surface area contributed by atoms with Gasteiger partial charge in [-0.1, -0.05) is 12.1 Å². The Morgan fingerprint density at radius 2 is 1.77 bits per heavy atom. The van der Waals surface area contributed by atoms with Crippen molar-refractivity contribution in [1.82, 2.24) is 15.0 Å². The average Bonchev–Trinajstić information content (AvgIpc) is 3.60. The number of amides is 5. The molecule has 3 atom stereocenters. The molecule has 2 aromatic carbocycles. The Morgan fingerprint density at radius 3 is 2.48 bits per heavy atom. The fourth-order valence-corrected chi connectivity index (χ4v) is 5.00. The molecule has 5 amide bonds. The fourth-order valence-electron chi connectivity index (χ4n) is 5.00. The van der Waals surface area contributed by atoms with E-state index in [9.17, 15) is 19.5 Å². The zero-order valence-corrected chi connectivity index (χ0v) is 25.2. The molecule has 234 valence electrons. The van der Waals surface area contributed by atoms with Crippen LogP contribution >= 0.6 is 0 Å². The molecule has 0 fully saturated rings. The number of hydrogen-bond donors (Lipinski definition) is 4. The number of nitrogens with zero attached hydrogens (tertiary/aromatic N) is 3. The van der Waals surface area contributed by atoms with Crippen molar-refractivity contribution in [3.8, 4) is 17.2 Å². The number of likely N-dealkylation sites (N-methyl/N-ethyl adjacent to an activating group) is 1. The van der Waals surface area contributed by atoms with Crippen LogP contribution in [0.5, 0.6) is 17.2 Å². The van der Waals surface area contributed by atoms with Crippen molar-refractivity contribution in [2.24, 2.45) is 5.92 Å². The van der Waals surface area contributed by atoms with E-state index in [1.54, 1.807) is 63.1 Å². The number of rotatable bonds is 7. The van der Waals surface area contributed by atoms with Gasteiger partial charge in [-0.15, -0.1) is 0 Å². The van der Waals surface area contributed by atoms with E-state index in [1.165, 1.54) is 11.0 Å². The number of carbonyl (C=O) groups excluding carboxylic acids is 3. The number of ether oxygens (including phenoxy) is 3. The van der Waals surface area contributed by atoms with Gasteiger partial charge in [0.2, 0.25) is 6.79 Å². The molecule has 44 heavy (non-hydrogen) atoms. The van der Waals surface area contributed by atoms with Gasteiger partial charge in [0.1, 0.15) is 23.2 Å². The number of aryl methyl sites for hydroxylation is 2. The molecule has 0 saturated heterocycles. The minimum absolute atomic E-state index is 0.132. The van der Waals surface area contributed by atoms with E-state index < -0.39 is 18.2 Å². The zero-order chi connectivity index (χ0) is 31.5. The van der Waals surface area contributed by atoms with Crippen molar-refractivity contribution in [2.75, 3.05) is 49.5 Å². The lowest BCUT2D eigenvalue weighted by Gasteiger charge is -2.38. The second kappa shape index (κ2) is 12.7. The molecule has 3 aromatic rings. The Hall–Kier alpha value is -4.98. The summed E-state index contributed by atoms with van der Waals surface area (Å²) in [4.78, 5) is 42.7. The van der Waals surface area contributed by atoms with Gasteiger partial charge >= 0.3 is 12.1 Å². The standard InChI is InChI=1S/C30H36N6O8/c1-16-12-36(17(2)14-37)28(38)22-10-20(31-29(39)33-27-18(3)34-44-19(27)4)6-8-23(22)43-26(16)13-35(5)30(40)32-21-7-9-24-25(11-21)42-15-41-24/h6-11,16-17,26,37H,12-15H2,1-5H3,(H,32,40)(H2,31,33,39)/t16-,17-,26+/m0/s1. The third-order valence-corrected chi connectivity index (χ3v) is 7.62. The summed E-state index contributed by atoms with van der Waals surface area (Å²) >= 11 is 0. The molecule has 2 aliphatic rings. The van der Waals surface area contributed by atoms with Gasteiger partial charge in [-0.05, 0) is 51.1 Å². The monoisotopic (exact) mass is 608 g/mol. The molecule has 0 unspecified atom stereocenters. The van der Waals surface area contributed by atoms with Crippen LogP contribution < -0.4 is 30.2 Å². The van der Waals surface area contributed by atoms with E-state index in [1.807, 2.05) is 6.92 Å². The lowest BCUT2D eigenvalue weighted by Crippen LogP contribution is -2.50. The highest BCUT2D eigenvalue weighted by Gasteiger charge is 2.34. The van der Waals surface area contributed by atoms with Crippen molar-refractivity contribution in [3.63, 3.8) is 0 Å². The summed E-state index contributed by atoms with van der Waals surface area (Å²) in [6, 6.07) is 8.53. The smallest absolute Gasteiger partial charge is 0.323 e. The maximum Gasteiger partial charge on any atom is 0.323 e. The molecule has 0 bridgehead atoms. The van der Waals surface area contributed by atoms with E-state index in [4.69, 9.17) is 18.7 Å². The molecular weight excluding hydrogens is 572 g/mol. The van der Waals surface area contributed by atoms with Crippen LogP contribution in [-0.2, 0) is 0 Å². The number of nitrogens with one attached hydrogen (secondary N) is 3. The molecule has 14 nitrogen and oxygen atoms in total. The van der Waals surface area contributed by atoms with E-state index >= 15 is 0 Å². The summed E-state index contributed by atoms with van der Waals surface area (Å²) < 4.78 is 22.2. The van der Waals surface area contributed by atoms with Crippen molar-refractivity contribution in [1.29, 1.82) is 0 Å². The van der Waals surface area contributed by atoms with Crippen LogP contribution in [0.15, 0.2) is 40.9 Å². The van der Waals surface area contributed by atoms with Crippen LogP contribution in [0.25, 0.3) is 0 Å². The van der Waals surface area contributed by atoms with E-state index in [0.717, 1.165) is 0 Å². The van der Waals surface area contributed by atoms with Gasteiger partial charge in [-0.25, -0.2) is 9.59 Å². The summed E-state index contributed by atoms with van der Waals surface area (Å²) in [5.41, 5.74) is 2.11. The quantitative estimate of drug-likeness (QED) is 0.309. The Bertz CT molecular complexity index is 1540. The summed E-state index contributed by atoms with van der Waals surface area (Å²) in [5, 5.41) is 22.1. The van der Waals surface area contributed by atoms with Gasteiger partial charge in [0.05, 0.1) is 24.8 Å². The van der Waals surface area contributed by atoms with Crippen LogP contribution in [-0.4, -0.2) is 83.7 Å². The molecule has 0 radical (unpaired) electrons. The van der Waals surface area contributed by atoms with Crippen molar-refractivity contribution >= 4 is 35.0 Å². The predicted molar refractivity (Wildman–Crippen MR) is 160 cm³/mol. The van der Waals surface area contributed by atoms with Gasteiger partial charge in [0, 0.05) is 37.0 Å². The van der Waals surface area contributed by atoms with Crippen molar-refractivity contribution in [3.05, 3.63) is 53.4 Å².